The Morgan fingerprint density at radius 1 is 1.12 bits per heavy atom. The number of nitrogens with zero attached hydrogens (tertiary/aromatic N) is 1. The second-order valence-electron chi connectivity index (χ2n) is 10.8. The van der Waals surface area contributed by atoms with Crippen LogP contribution in [0.1, 0.15) is 59.3 Å². The molecule has 4 aliphatic rings. The second-order valence-corrected chi connectivity index (χ2v) is 10.8. The molecule has 226 valence electrons. The molecule has 0 spiro atoms. The van der Waals surface area contributed by atoms with Crippen LogP contribution in [0.5, 0.6) is 23.0 Å². The van der Waals surface area contributed by atoms with Crippen LogP contribution in [0.15, 0.2) is 54.6 Å². The molecule has 10 nitrogen and oxygen atoms in total. The van der Waals surface area contributed by atoms with Gasteiger partial charge in [0.15, 0.2) is 11.5 Å². The lowest BCUT2D eigenvalue weighted by Gasteiger charge is -2.39. The summed E-state index contributed by atoms with van der Waals surface area (Å²) in [5.41, 5.74) is 8.37. The fourth-order valence-electron chi connectivity index (χ4n) is 5.29. The van der Waals surface area contributed by atoms with E-state index in [-0.39, 0.29) is 17.5 Å². The zero-order valence-corrected chi connectivity index (χ0v) is 24.0. The van der Waals surface area contributed by atoms with E-state index < -0.39 is 23.2 Å². The standard InChI is InChI=1S/C30H30FN3O5.C2H4O2/c1-37-25-8-3-19-16-26(25)38-14-2-12-33-28(35)23-17-21(5-7-24(23)31)39-20-4-6-22-18(15-20)9-13-34(27(19)22)29(36)30(32)10-11-30;1-2(3)4/h3-8,15-17,27H,2,9-14,32H2,1H3,(H,33,35);1H3,(H,3,4). The predicted octanol–water partition coefficient (Wildman–Crippen LogP) is 4.20. The van der Waals surface area contributed by atoms with Gasteiger partial charge in [-0.25, -0.2) is 4.39 Å². The summed E-state index contributed by atoms with van der Waals surface area (Å²) in [4.78, 5) is 37.1. The molecule has 3 heterocycles. The topological polar surface area (TPSA) is 140 Å². The Hall–Kier alpha value is -4.64. The van der Waals surface area contributed by atoms with Gasteiger partial charge in [0.2, 0.25) is 5.91 Å². The summed E-state index contributed by atoms with van der Waals surface area (Å²) in [5.74, 6) is -0.0194. The Labute approximate surface area is 248 Å². The van der Waals surface area contributed by atoms with Gasteiger partial charge in [0.25, 0.3) is 11.9 Å². The van der Waals surface area contributed by atoms with E-state index >= 15 is 0 Å². The number of nitrogens with two attached hydrogens (primary N) is 1. The SMILES string of the molecule is CC(=O)O.COc1ccc2cc1OCCCNC(=O)c1cc(ccc1F)Oc1ccc3c(c1)CCN(C(=O)C1(N)CC1)C23. The van der Waals surface area contributed by atoms with Crippen molar-refractivity contribution in [2.45, 2.75) is 44.2 Å². The number of hydrogen-bond acceptors (Lipinski definition) is 7. The van der Waals surface area contributed by atoms with E-state index in [0.29, 0.717) is 68.4 Å². The molecule has 1 saturated carbocycles. The lowest BCUT2D eigenvalue weighted by molar-refractivity contribution is -0.136. The number of carbonyl (C=O) groups excluding carboxylic acids is 2. The predicted molar refractivity (Wildman–Crippen MR) is 155 cm³/mol. The Bertz CT molecular complexity index is 1550. The van der Waals surface area contributed by atoms with Crippen LogP contribution in [-0.2, 0) is 16.0 Å². The zero-order chi connectivity index (χ0) is 30.7. The first-order chi connectivity index (χ1) is 20.6. The van der Waals surface area contributed by atoms with Crippen molar-refractivity contribution in [2.24, 2.45) is 5.73 Å². The van der Waals surface area contributed by atoms with Gasteiger partial charge in [-0.05, 0) is 84.8 Å². The summed E-state index contributed by atoms with van der Waals surface area (Å²) in [6.45, 7) is 2.17. The number of nitrogens with one attached hydrogen (secondary N) is 1. The lowest BCUT2D eigenvalue weighted by atomic mass is 9.87. The van der Waals surface area contributed by atoms with Gasteiger partial charge in [-0.2, -0.15) is 0 Å². The van der Waals surface area contributed by atoms with Crippen molar-refractivity contribution in [3.63, 3.8) is 0 Å². The number of ether oxygens (including phenoxy) is 3. The van der Waals surface area contributed by atoms with Crippen molar-refractivity contribution in [2.75, 3.05) is 26.8 Å². The number of carboxylic acid groups (broad SMARTS) is 1. The average Bonchev–Trinajstić information content (AvgIpc) is 3.74. The largest absolute Gasteiger partial charge is 0.493 e. The summed E-state index contributed by atoms with van der Waals surface area (Å²) in [5, 5.41) is 10.2. The molecule has 11 heteroatoms. The molecular weight excluding hydrogens is 557 g/mol. The highest BCUT2D eigenvalue weighted by Crippen LogP contribution is 2.44. The van der Waals surface area contributed by atoms with E-state index in [1.807, 2.05) is 41.3 Å². The summed E-state index contributed by atoms with van der Waals surface area (Å²) in [6, 6.07) is 15.2. The Kier molecular flexibility index (Phi) is 8.54. The number of carbonyl (C=O) groups is 3. The van der Waals surface area contributed by atoms with Crippen molar-refractivity contribution >= 4 is 17.8 Å². The van der Waals surface area contributed by atoms with Crippen LogP contribution in [0.4, 0.5) is 4.39 Å². The summed E-state index contributed by atoms with van der Waals surface area (Å²) < 4.78 is 32.1. The molecule has 43 heavy (non-hydrogen) atoms. The monoisotopic (exact) mass is 591 g/mol. The number of methoxy groups -OCH3 is 1. The fraction of sp³-hybridized carbons (Fsp3) is 0.344. The molecule has 0 radical (unpaired) electrons. The summed E-state index contributed by atoms with van der Waals surface area (Å²) in [6.07, 6.45) is 2.48. The summed E-state index contributed by atoms with van der Waals surface area (Å²) in [7, 11) is 1.57. The Balaban J connectivity index is 0.000000868. The highest BCUT2D eigenvalue weighted by atomic mass is 19.1. The van der Waals surface area contributed by atoms with Gasteiger partial charge in [0.1, 0.15) is 17.3 Å². The van der Waals surface area contributed by atoms with Crippen LogP contribution in [0, 0.1) is 5.82 Å². The van der Waals surface area contributed by atoms with Gasteiger partial charge < -0.3 is 35.3 Å². The molecule has 3 aliphatic heterocycles. The minimum Gasteiger partial charge on any atom is -0.493 e. The molecule has 7 rings (SSSR count). The average molecular weight is 592 g/mol. The Morgan fingerprint density at radius 3 is 2.56 bits per heavy atom. The number of aliphatic carboxylic acids is 1. The number of carboxylic acids is 1. The zero-order valence-electron chi connectivity index (χ0n) is 24.0. The molecule has 0 aromatic heterocycles. The van der Waals surface area contributed by atoms with Gasteiger partial charge >= 0.3 is 0 Å². The van der Waals surface area contributed by atoms with Crippen molar-refractivity contribution in [3.05, 3.63) is 82.7 Å². The first kappa shape index (κ1) is 29.8. The quantitative estimate of drug-likeness (QED) is 0.403. The molecule has 2 amide bonds. The van der Waals surface area contributed by atoms with E-state index in [2.05, 4.69) is 5.32 Å². The smallest absolute Gasteiger partial charge is 0.300 e. The second kappa shape index (κ2) is 12.3. The first-order valence-corrected chi connectivity index (χ1v) is 14.1. The normalized spacial score (nSPS) is 18.4. The Morgan fingerprint density at radius 2 is 1.84 bits per heavy atom. The van der Waals surface area contributed by atoms with Crippen molar-refractivity contribution in [1.82, 2.24) is 10.2 Å². The van der Waals surface area contributed by atoms with E-state index in [1.165, 1.54) is 18.2 Å². The molecule has 8 bridgehead atoms. The van der Waals surface area contributed by atoms with Gasteiger partial charge in [-0.3, -0.25) is 14.4 Å². The maximum Gasteiger partial charge on any atom is 0.300 e. The molecule has 0 saturated heterocycles. The van der Waals surface area contributed by atoms with E-state index in [0.717, 1.165) is 23.6 Å². The first-order valence-electron chi connectivity index (χ1n) is 14.1. The molecule has 1 fully saturated rings. The van der Waals surface area contributed by atoms with E-state index in [1.54, 1.807) is 7.11 Å². The molecule has 1 atom stereocenters. The van der Waals surface area contributed by atoms with Gasteiger partial charge in [-0.15, -0.1) is 0 Å². The minimum absolute atomic E-state index is 0.0477. The molecule has 3 aromatic rings. The maximum atomic E-state index is 14.5. The fourth-order valence-corrected chi connectivity index (χ4v) is 5.29. The van der Waals surface area contributed by atoms with Crippen molar-refractivity contribution in [3.8, 4) is 23.0 Å². The molecule has 4 N–H and O–H groups in total. The van der Waals surface area contributed by atoms with Gasteiger partial charge in [0, 0.05) is 20.0 Å². The molecular formula is C32H34FN3O7. The number of rotatable bonds is 2. The molecule has 3 aromatic carbocycles. The van der Waals surface area contributed by atoms with Crippen molar-refractivity contribution < 1.29 is 38.1 Å². The van der Waals surface area contributed by atoms with Crippen LogP contribution >= 0.6 is 0 Å². The third-order valence-corrected chi connectivity index (χ3v) is 7.60. The minimum atomic E-state index is -0.833. The number of benzene rings is 3. The van der Waals surface area contributed by atoms with Crippen LogP contribution in [-0.4, -0.2) is 60.1 Å². The maximum absolute atomic E-state index is 14.5. The molecule has 1 unspecified atom stereocenters. The highest BCUT2D eigenvalue weighted by molar-refractivity contribution is 5.95. The van der Waals surface area contributed by atoms with E-state index in [9.17, 15) is 14.0 Å². The van der Waals surface area contributed by atoms with Gasteiger partial charge in [0.05, 0.1) is 30.9 Å². The van der Waals surface area contributed by atoms with Gasteiger partial charge in [-0.1, -0.05) is 12.1 Å². The van der Waals surface area contributed by atoms with Crippen LogP contribution < -0.4 is 25.3 Å². The van der Waals surface area contributed by atoms with Crippen LogP contribution in [0.2, 0.25) is 0 Å². The third kappa shape index (κ3) is 6.56. The number of halogens is 1. The number of fused-ring (bicyclic) bond motifs is 6. The lowest BCUT2D eigenvalue weighted by Crippen LogP contribution is -2.49. The van der Waals surface area contributed by atoms with Crippen LogP contribution in [0.3, 0.4) is 0 Å². The highest BCUT2D eigenvalue weighted by Gasteiger charge is 2.50. The molecule has 1 aliphatic carbocycles. The summed E-state index contributed by atoms with van der Waals surface area (Å²) >= 11 is 0. The number of hydrogen-bond donors (Lipinski definition) is 3. The number of amides is 2. The van der Waals surface area contributed by atoms with Crippen LogP contribution in [0.25, 0.3) is 0 Å². The van der Waals surface area contributed by atoms with E-state index in [4.69, 9.17) is 29.8 Å². The van der Waals surface area contributed by atoms with Crippen molar-refractivity contribution in [1.29, 1.82) is 0 Å². The third-order valence-electron chi connectivity index (χ3n) is 7.60.